The summed E-state index contributed by atoms with van der Waals surface area (Å²) in [4.78, 5) is -0.704. The largest absolute Gasteiger partial charge is 0.397 e. The summed E-state index contributed by atoms with van der Waals surface area (Å²) in [7, 11) is -9.32. The molecule has 124 valence electrons. The van der Waals surface area contributed by atoms with Crippen molar-refractivity contribution in [2.45, 2.75) is 19.6 Å². The fourth-order valence-corrected chi connectivity index (χ4v) is 4.17. The molecule has 0 unspecified atom stereocenters. The third-order valence-electron chi connectivity index (χ3n) is 2.78. The average Bonchev–Trinajstić information content (AvgIpc) is 2.41. The summed E-state index contributed by atoms with van der Waals surface area (Å²) in [5.74, 6) is 0. The molecule has 23 heavy (non-hydrogen) atoms. The lowest BCUT2D eigenvalue weighted by atomic mass is 10.3. The number of anilines is 2. The number of nitrogen functional groups attached to an aromatic ring is 2. The Labute approximate surface area is 137 Å². The smallest absolute Gasteiger partial charge is 0.295 e. The summed E-state index contributed by atoms with van der Waals surface area (Å²) in [5, 5.41) is 0. The minimum absolute atomic E-state index is 0.0593. The molecule has 0 radical (unpaired) electrons. The maximum absolute atomic E-state index is 11.5. The predicted octanol–water partition coefficient (Wildman–Crippen LogP) is 1.50. The summed E-state index contributed by atoms with van der Waals surface area (Å²) in [5.41, 5.74) is 11.9. The van der Waals surface area contributed by atoms with Crippen LogP contribution in [0.15, 0.2) is 56.0 Å². The second-order valence-electron chi connectivity index (χ2n) is 4.45. The molecule has 0 amide bonds. The van der Waals surface area contributed by atoms with Crippen molar-refractivity contribution in [2.75, 3.05) is 11.5 Å². The predicted molar refractivity (Wildman–Crippen MR) is 85.5 cm³/mol. The third-order valence-corrected chi connectivity index (χ3v) is 5.71. The van der Waals surface area contributed by atoms with Crippen LogP contribution in [0.25, 0.3) is 0 Å². The molecule has 0 fully saturated rings. The van der Waals surface area contributed by atoms with Crippen LogP contribution in [0.5, 0.6) is 0 Å². The van der Waals surface area contributed by atoms with Crippen molar-refractivity contribution in [1.29, 1.82) is 0 Å². The molecule has 2 aromatic carbocycles. The Bertz CT molecular complexity index is 970. The Kier molecular flexibility index (Phi) is 4.59. The molecule has 0 atom stereocenters. The van der Waals surface area contributed by atoms with Crippen LogP contribution in [-0.4, -0.2) is 25.9 Å². The van der Waals surface area contributed by atoms with Crippen LogP contribution in [0.2, 0.25) is 0 Å². The molecule has 0 aliphatic rings. The van der Waals surface area contributed by atoms with E-state index in [9.17, 15) is 21.4 Å². The molecule has 8 nitrogen and oxygen atoms in total. The molecule has 2 rings (SSSR count). The Morgan fingerprint density at radius 3 is 2.00 bits per heavy atom. The third kappa shape index (κ3) is 4.14. The van der Waals surface area contributed by atoms with Gasteiger partial charge in [0, 0.05) is 9.79 Å². The van der Waals surface area contributed by atoms with Crippen LogP contribution in [0.4, 0.5) is 11.4 Å². The van der Waals surface area contributed by atoms with Gasteiger partial charge >= 0.3 is 0 Å². The molecule has 6 N–H and O–H groups in total. The maximum Gasteiger partial charge on any atom is 0.295 e. The number of hydrogen-bond donors (Lipinski definition) is 4. The van der Waals surface area contributed by atoms with Gasteiger partial charge in [0.25, 0.3) is 20.2 Å². The zero-order valence-corrected chi connectivity index (χ0v) is 13.8. The van der Waals surface area contributed by atoms with Gasteiger partial charge < -0.3 is 11.5 Å². The molecule has 0 aromatic heterocycles. The summed E-state index contributed by atoms with van der Waals surface area (Å²) < 4.78 is 63.4. The minimum Gasteiger partial charge on any atom is -0.397 e. The van der Waals surface area contributed by atoms with E-state index < -0.39 is 30.0 Å². The van der Waals surface area contributed by atoms with Crippen molar-refractivity contribution in [2.24, 2.45) is 0 Å². The van der Waals surface area contributed by atoms with E-state index in [2.05, 4.69) is 0 Å². The van der Waals surface area contributed by atoms with Crippen LogP contribution in [-0.2, 0) is 20.2 Å². The zero-order valence-electron chi connectivity index (χ0n) is 11.4. The second kappa shape index (κ2) is 6.02. The van der Waals surface area contributed by atoms with Crippen molar-refractivity contribution in [3.63, 3.8) is 0 Å². The number of nitrogens with two attached hydrogens (primary N) is 2. The van der Waals surface area contributed by atoms with Crippen LogP contribution in [0.1, 0.15) is 0 Å². The van der Waals surface area contributed by atoms with E-state index in [1.54, 1.807) is 6.07 Å². The Morgan fingerprint density at radius 1 is 0.826 bits per heavy atom. The summed E-state index contributed by atoms with van der Waals surface area (Å²) in [6.07, 6.45) is 0. The quantitative estimate of drug-likeness (QED) is 0.457. The van der Waals surface area contributed by atoms with Crippen molar-refractivity contribution < 1.29 is 25.9 Å². The zero-order chi connectivity index (χ0) is 17.4. The van der Waals surface area contributed by atoms with Crippen LogP contribution in [0, 0.1) is 0 Å². The van der Waals surface area contributed by atoms with Gasteiger partial charge in [-0.2, -0.15) is 16.8 Å². The molecule has 0 bridgehead atoms. The van der Waals surface area contributed by atoms with Crippen molar-refractivity contribution in [1.82, 2.24) is 0 Å². The van der Waals surface area contributed by atoms with Crippen LogP contribution < -0.4 is 11.5 Å². The molecule has 0 saturated carbocycles. The summed E-state index contributed by atoms with van der Waals surface area (Å²) in [6, 6.07) is 7.47. The topological polar surface area (TPSA) is 161 Å². The lowest BCUT2D eigenvalue weighted by molar-refractivity contribution is 0.479. The maximum atomic E-state index is 11.5. The standard InChI is InChI=1S/C12H12N2O6S3/c13-9-3-1-7(5-10(9)14)21-11-4-2-8(22(15,16)17)6-12(11)23(18,19)20/h1-6H,13-14H2,(H,15,16,17)(H,18,19,20). The van der Waals surface area contributed by atoms with Gasteiger partial charge in [-0.1, -0.05) is 11.8 Å². The van der Waals surface area contributed by atoms with Gasteiger partial charge in [0.1, 0.15) is 4.90 Å². The number of hydrogen-bond acceptors (Lipinski definition) is 7. The van der Waals surface area contributed by atoms with E-state index in [1.807, 2.05) is 0 Å². The molecule has 11 heteroatoms. The molecule has 0 heterocycles. The van der Waals surface area contributed by atoms with Gasteiger partial charge in [0.05, 0.1) is 16.3 Å². The van der Waals surface area contributed by atoms with Gasteiger partial charge in [-0.15, -0.1) is 0 Å². The van der Waals surface area contributed by atoms with E-state index in [1.165, 1.54) is 12.1 Å². The Morgan fingerprint density at radius 2 is 1.48 bits per heavy atom. The first-order valence-corrected chi connectivity index (χ1v) is 9.60. The molecular formula is C12H12N2O6S3. The van der Waals surface area contributed by atoms with Gasteiger partial charge in [0.2, 0.25) is 0 Å². The minimum atomic E-state index is -4.71. The van der Waals surface area contributed by atoms with Crippen molar-refractivity contribution in [3.8, 4) is 0 Å². The molecule has 0 aliphatic carbocycles. The normalized spacial score (nSPS) is 12.3. The molecule has 2 aromatic rings. The van der Waals surface area contributed by atoms with Crippen LogP contribution in [0.3, 0.4) is 0 Å². The van der Waals surface area contributed by atoms with Crippen molar-refractivity contribution >= 4 is 43.4 Å². The monoisotopic (exact) mass is 376 g/mol. The molecular weight excluding hydrogens is 364 g/mol. The Hall–Kier alpha value is -1.79. The lowest BCUT2D eigenvalue weighted by Crippen LogP contribution is -2.04. The van der Waals surface area contributed by atoms with E-state index in [-0.39, 0.29) is 10.6 Å². The first-order valence-electron chi connectivity index (χ1n) is 5.90. The first-order chi connectivity index (χ1) is 10.5. The van der Waals surface area contributed by atoms with Crippen molar-refractivity contribution in [3.05, 3.63) is 36.4 Å². The highest BCUT2D eigenvalue weighted by atomic mass is 32.2. The molecule has 0 spiro atoms. The lowest BCUT2D eigenvalue weighted by Gasteiger charge is -2.09. The van der Waals surface area contributed by atoms with Gasteiger partial charge in [-0.05, 0) is 36.4 Å². The first kappa shape index (κ1) is 17.6. The fourth-order valence-electron chi connectivity index (χ4n) is 1.68. The number of rotatable bonds is 4. The number of benzene rings is 2. The second-order valence-corrected chi connectivity index (χ2v) is 8.38. The van der Waals surface area contributed by atoms with E-state index in [0.717, 1.165) is 23.9 Å². The van der Waals surface area contributed by atoms with Gasteiger partial charge in [-0.25, -0.2) is 0 Å². The molecule has 0 aliphatic heterocycles. The highest BCUT2D eigenvalue weighted by Crippen LogP contribution is 2.35. The van der Waals surface area contributed by atoms with Crippen LogP contribution >= 0.6 is 11.8 Å². The van der Waals surface area contributed by atoms with Gasteiger partial charge in [0.15, 0.2) is 0 Å². The highest BCUT2D eigenvalue weighted by molar-refractivity contribution is 8.00. The SMILES string of the molecule is Nc1ccc(Sc2ccc(S(=O)(=O)O)cc2S(=O)(=O)O)cc1N. The summed E-state index contributed by atoms with van der Waals surface area (Å²) >= 11 is 0.932. The molecule has 0 saturated heterocycles. The van der Waals surface area contributed by atoms with E-state index >= 15 is 0 Å². The van der Waals surface area contributed by atoms with E-state index in [4.69, 9.17) is 16.0 Å². The summed E-state index contributed by atoms with van der Waals surface area (Å²) in [6.45, 7) is 0. The van der Waals surface area contributed by atoms with E-state index in [0.29, 0.717) is 16.6 Å². The average molecular weight is 376 g/mol. The Balaban J connectivity index is 2.56. The highest BCUT2D eigenvalue weighted by Gasteiger charge is 2.21. The van der Waals surface area contributed by atoms with Gasteiger partial charge in [-0.3, -0.25) is 9.11 Å². The fraction of sp³-hybridized carbons (Fsp3) is 0.